The predicted molar refractivity (Wildman–Crippen MR) is 210 cm³/mol. The molecule has 15 heteroatoms. The first-order valence-corrected chi connectivity index (χ1v) is 18.6. The summed E-state index contributed by atoms with van der Waals surface area (Å²) in [6.07, 6.45) is -10.2. The number of halogens is 6. The zero-order chi connectivity index (χ0) is 42.0. The molecule has 0 aliphatic heterocycles. The van der Waals surface area contributed by atoms with Gasteiger partial charge in [0.25, 0.3) is 0 Å². The van der Waals surface area contributed by atoms with Crippen LogP contribution in [-0.4, -0.2) is 46.7 Å². The van der Waals surface area contributed by atoms with Gasteiger partial charge in [-0.05, 0) is 47.7 Å². The van der Waals surface area contributed by atoms with Gasteiger partial charge in [0.2, 0.25) is 0 Å². The first-order chi connectivity index (χ1) is 26.8. The van der Waals surface area contributed by atoms with Crippen LogP contribution in [0.5, 0.6) is 0 Å². The molecular formula is C42H36F6O6P2Ru. The van der Waals surface area contributed by atoms with Crippen molar-refractivity contribution in [3.63, 3.8) is 0 Å². The van der Waals surface area contributed by atoms with E-state index < -0.39 is 40.1 Å². The fraction of sp³-hybridized carbons (Fsp3) is 0.0714. The standard InChI is InChI=1S/2C18H15P.2C2HF3O2.CH4O.CO.Ru/c2*1-4-10-16(11-5-1)19(17-12-6-2-7-13-17)18-14-8-3-9-15-18;2*3-2(4,5)1(6)7;2*1-2;/h2*1-15H;2*(H,6,7);2H,1H3;;. The van der Waals surface area contributed by atoms with Gasteiger partial charge in [-0.3, -0.25) is 0 Å². The van der Waals surface area contributed by atoms with Gasteiger partial charge in [0, 0.05) is 26.6 Å². The summed E-state index contributed by atoms with van der Waals surface area (Å²) in [6, 6.07) is 64.7. The van der Waals surface area contributed by atoms with Crippen molar-refractivity contribution < 1.29 is 75.4 Å². The topological polar surface area (TPSA) is 115 Å². The Morgan fingerprint density at radius 3 is 0.596 bits per heavy atom. The maximum absolute atomic E-state index is 10.6. The molecule has 0 saturated heterocycles. The summed E-state index contributed by atoms with van der Waals surface area (Å²) >= 11 is 0. The minimum atomic E-state index is -5.08. The van der Waals surface area contributed by atoms with Gasteiger partial charge in [-0.1, -0.05) is 182 Å². The van der Waals surface area contributed by atoms with Crippen molar-refractivity contribution in [1.29, 1.82) is 0 Å². The van der Waals surface area contributed by atoms with Crippen molar-refractivity contribution in [1.82, 2.24) is 0 Å². The van der Waals surface area contributed by atoms with Gasteiger partial charge in [-0.25, -0.2) is 9.59 Å². The average Bonchev–Trinajstić information content (AvgIpc) is 3.22. The third-order valence-corrected chi connectivity index (χ3v) is 11.5. The number of carboxylic acids is 2. The molecule has 0 unspecified atom stereocenters. The third kappa shape index (κ3) is 19.6. The molecule has 6 rings (SSSR count). The van der Waals surface area contributed by atoms with Crippen LogP contribution in [0.3, 0.4) is 0 Å². The second-order valence-corrected chi connectivity index (χ2v) is 14.7. The molecular weight excluding hydrogens is 877 g/mol. The smallest absolute Gasteiger partial charge is 0 e. The van der Waals surface area contributed by atoms with E-state index in [-0.39, 0.29) is 19.5 Å². The van der Waals surface area contributed by atoms with Crippen molar-refractivity contribution >= 4 is 59.6 Å². The zero-order valence-electron chi connectivity index (χ0n) is 29.9. The molecule has 6 aromatic rings. The maximum Gasteiger partial charge on any atom is 0 e. The van der Waals surface area contributed by atoms with Crippen LogP contribution in [0.1, 0.15) is 0 Å². The monoisotopic (exact) mass is 914 g/mol. The third-order valence-electron chi connectivity index (χ3n) is 6.57. The molecule has 0 radical (unpaired) electrons. The number of rotatable bonds is 6. The van der Waals surface area contributed by atoms with E-state index in [1.54, 1.807) is 0 Å². The van der Waals surface area contributed by atoms with E-state index >= 15 is 0 Å². The van der Waals surface area contributed by atoms with Crippen molar-refractivity contribution in [2.45, 2.75) is 12.4 Å². The van der Waals surface area contributed by atoms with E-state index in [2.05, 4.69) is 189 Å². The summed E-state index contributed by atoms with van der Waals surface area (Å²) in [5, 5.41) is 29.6. The van der Waals surface area contributed by atoms with Gasteiger partial charge in [0.05, 0.1) is 0 Å². The summed E-state index contributed by atoms with van der Waals surface area (Å²) in [5.41, 5.74) is 0. The van der Waals surface area contributed by atoms with E-state index in [1.165, 1.54) is 31.8 Å². The molecule has 0 heterocycles. The first kappa shape index (κ1) is 52.0. The van der Waals surface area contributed by atoms with Crippen molar-refractivity contribution in [2.75, 3.05) is 7.11 Å². The van der Waals surface area contributed by atoms with Crippen LogP contribution in [-0.2, 0) is 33.7 Å². The summed E-state index contributed by atoms with van der Waals surface area (Å²) < 4.78 is 71.0. The number of benzene rings is 6. The second kappa shape index (κ2) is 28.4. The van der Waals surface area contributed by atoms with E-state index in [1.807, 2.05) is 0 Å². The van der Waals surface area contributed by atoms with Crippen LogP contribution >= 0.6 is 15.8 Å². The predicted octanol–water partition coefficient (Wildman–Crippen LogP) is 7.72. The van der Waals surface area contributed by atoms with Crippen LogP contribution in [0.25, 0.3) is 0 Å². The molecule has 3 N–H and O–H groups in total. The Morgan fingerprint density at radius 2 is 0.509 bits per heavy atom. The number of aliphatic hydroxyl groups excluding tert-OH is 1. The van der Waals surface area contributed by atoms with Crippen LogP contribution in [0.2, 0.25) is 0 Å². The number of hydrogen-bond donors (Lipinski definition) is 3. The van der Waals surface area contributed by atoms with Gasteiger partial charge in [0.1, 0.15) is 0 Å². The van der Waals surface area contributed by atoms with E-state index in [0.717, 1.165) is 7.11 Å². The number of hydrogen-bond acceptors (Lipinski definition) is 3. The molecule has 300 valence electrons. The van der Waals surface area contributed by atoms with Gasteiger partial charge in [-0.2, -0.15) is 26.3 Å². The van der Waals surface area contributed by atoms with E-state index in [4.69, 9.17) is 29.6 Å². The number of carbonyl (C=O) groups is 2. The van der Waals surface area contributed by atoms with E-state index in [0.29, 0.717) is 0 Å². The molecule has 57 heavy (non-hydrogen) atoms. The molecule has 0 atom stereocenters. The van der Waals surface area contributed by atoms with Crippen molar-refractivity contribution in [3.05, 3.63) is 189 Å². The molecule has 6 nitrogen and oxygen atoms in total. The van der Waals surface area contributed by atoms with Crippen molar-refractivity contribution in [3.8, 4) is 0 Å². The summed E-state index contributed by atoms with van der Waals surface area (Å²) in [7, 11) is 0.108. The number of aliphatic hydroxyl groups is 1. The fourth-order valence-electron chi connectivity index (χ4n) is 4.36. The zero-order valence-corrected chi connectivity index (χ0v) is 33.4. The van der Waals surface area contributed by atoms with Crippen LogP contribution < -0.4 is 31.8 Å². The van der Waals surface area contributed by atoms with Gasteiger partial charge in [0.15, 0.2) is 0 Å². The first-order valence-electron chi connectivity index (χ1n) is 15.9. The molecule has 0 saturated carbocycles. The minimum absolute atomic E-state index is 0. The minimum Gasteiger partial charge on any atom is -0.0622 e. The average molecular weight is 914 g/mol. The molecule has 0 aliphatic carbocycles. The molecule has 0 amide bonds. The summed E-state index contributed by atoms with van der Waals surface area (Å²) in [4.78, 5) is 17.8. The number of carboxylic acid groups (broad SMARTS) is 2. The Hall–Kier alpha value is -4.98. The van der Waals surface area contributed by atoms with Gasteiger partial charge in [-0.15, -0.1) is 0 Å². The Labute approximate surface area is 341 Å². The van der Waals surface area contributed by atoms with Crippen molar-refractivity contribution in [2.24, 2.45) is 0 Å². The Morgan fingerprint density at radius 1 is 0.404 bits per heavy atom. The van der Waals surface area contributed by atoms with Gasteiger partial charge >= 0.3 is 35.6 Å². The largest absolute Gasteiger partial charge is 0.0622 e. The molecule has 0 bridgehead atoms. The Kier molecular flexibility index (Phi) is 25.9. The second-order valence-electron chi connectivity index (χ2n) is 10.3. The molecule has 0 aliphatic rings. The fourth-order valence-corrected chi connectivity index (χ4v) is 8.97. The Bertz CT molecular complexity index is 1630. The molecule has 6 aromatic carbocycles. The SMILES string of the molecule is CO.O=C(O)C(F)(F)F.O=C(O)C(F)(F)F.[C-]#[O+].[Ru].c1ccc(P(c2ccccc2)c2ccccc2)cc1.c1ccc(P(c2ccccc2)c2ccccc2)cc1. The maximum atomic E-state index is 10.6. The van der Waals surface area contributed by atoms with E-state index in [9.17, 15) is 26.3 Å². The van der Waals surface area contributed by atoms with Crippen LogP contribution in [0.4, 0.5) is 26.3 Å². The quantitative estimate of drug-likeness (QED) is 0.0521. The Balaban J connectivity index is 0.000000774. The summed E-state index contributed by atoms with van der Waals surface area (Å²) in [5.74, 6) is -5.51. The summed E-state index contributed by atoms with van der Waals surface area (Å²) in [6.45, 7) is 4.50. The number of aliphatic carboxylic acids is 2. The van der Waals surface area contributed by atoms with Gasteiger partial charge < -0.3 is 15.3 Å². The number of alkyl halides is 6. The molecule has 0 spiro atoms. The van der Waals surface area contributed by atoms with Crippen LogP contribution in [0.15, 0.2) is 182 Å². The normalized spacial score (nSPS) is 9.96. The van der Waals surface area contributed by atoms with Crippen LogP contribution in [0, 0.1) is 6.65 Å². The molecule has 0 fully saturated rings. The molecule has 0 aromatic heterocycles.